The minimum atomic E-state index is -0.517. The summed E-state index contributed by atoms with van der Waals surface area (Å²) in [6, 6.07) is 67.9. The van der Waals surface area contributed by atoms with Crippen molar-refractivity contribution < 1.29 is 43.0 Å². The van der Waals surface area contributed by atoms with E-state index in [2.05, 4.69) is 171 Å². The molecule has 0 saturated carbocycles. The minimum Gasteiger partial charge on any atom is -0.497 e. The van der Waals surface area contributed by atoms with Gasteiger partial charge in [0, 0.05) is 116 Å². The zero-order valence-electron chi connectivity index (χ0n) is 69.9. The van der Waals surface area contributed by atoms with Gasteiger partial charge in [0.15, 0.2) is 5.78 Å². The van der Waals surface area contributed by atoms with Crippen LogP contribution in [-0.2, 0) is 64.8 Å². The smallest absolute Gasteiger partial charge is 0.323 e. The molecule has 5 aliphatic heterocycles. The van der Waals surface area contributed by atoms with Crippen LogP contribution in [0.15, 0.2) is 233 Å². The molecule has 0 bridgehead atoms. The lowest BCUT2D eigenvalue weighted by Crippen LogP contribution is -2.32. The average molecular weight is 1830 g/mol. The maximum atomic E-state index is 12.6. The summed E-state index contributed by atoms with van der Waals surface area (Å²) in [4.78, 5) is 86.7. The predicted octanol–water partition coefficient (Wildman–Crippen LogP) is 20.3. The maximum Gasteiger partial charge on any atom is 0.323 e. The topological polar surface area (TPSA) is 272 Å². The molecule has 0 spiro atoms. The lowest BCUT2D eigenvalue weighted by Gasteiger charge is -2.27. The highest BCUT2D eigenvalue weighted by molar-refractivity contribution is 9.11. The number of carbonyl (C=O) groups is 6. The number of primary amides is 1. The van der Waals surface area contributed by atoms with E-state index in [-0.39, 0.29) is 29.9 Å². The Kier molecular flexibility index (Phi) is 31.8. The van der Waals surface area contributed by atoms with Crippen LogP contribution in [-0.4, -0.2) is 150 Å². The van der Waals surface area contributed by atoms with Crippen LogP contribution in [0.5, 0.6) is 17.2 Å². The highest BCUT2D eigenvalue weighted by Crippen LogP contribution is 2.37. The molecule has 5 aliphatic rings. The van der Waals surface area contributed by atoms with Crippen LogP contribution in [0, 0.1) is 0 Å². The van der Waals surface area contributed by atoms with Crippen molar-refractivity contribution in [2.24, 2.45) is 5.73 Å². The fraction of sp³-hybridized carbons (Fsp3) is 0.242. The number of halogens is 4. The Morgan fingerprint density at radius 1 is 0.350 bits per heavy atom. The van der Waals surface area contributed by atoms with Gasteiger partial charge in [0.25, 0.3) is 0 Å². The minimum absolute atomic E-state index is 0.0755. The number of ketones is 1. The highest BCUT2D eigenvalue weighted by atomic mass is 79.9. The summed E-state index contributed by atoms with van der Waals surface area (Å²) in [5, 5.41) is 23.6. The molecule has 0 unspecified atom stereocenters. The monoisotopic (exact) mass is 1820 g/mol. The quantitative estimate of drug-likeness (QED) is 0.0432. The summed E-state index contributed by atoms with van der Waals surface area (Å²) in [5.41, 5.74) is 26.8. The molecule has 11 aromatic carbocycles. The Hall–Kier alpha value is -11.8. The number of carbonyl (C=O) groups excluding carboxylic acids is 6. The Labute approximate surface area is 745 Å². The molecule has 10 amide bonds. The van der Waals surface area contributed by atoms with Gasteiger partial charge in [0.1, 0.15) is 17.2 Å². The number of hydrogen-bond donors (Lipinski definition) is 9. The van der Waals surface area contributed by atoms with Crippen LogP contribution in [0.25, 0.3) is 0 Å². The van der Waals surface area contributed by atoms with Crippen molar-refractivity contribution in [1.29, 1.82) is 0 Å². The van der Waals surface area contributed by atoms with E-state index in [1.165, 1.54) is 60.5 Å². The Morgan fingerprint density at radius 3 is 1.24 bits per heavy atom. The molecule has 0 atom stereocenters. The van der Waals surface area contributed by atoms with Gasteiger partial charge in [-0.2, -0.15) is 0 Å². The van der Waals surface area contributed by atoms with Gasteiger partial charge in [-0.25, -0.2) is 24.0 Å². The number of nitrogens with one attached hydrogen (secondary N) is 8. The third-order valence-corrected chi connectivity index (χ3v) is 23.4. The molecule has 28 heteroatoms. The predicted molar refractivity (Wildman–Crippen MR) is 502 cm³/mol. The summed E-state index contributed by atoms with van der Waals surface area (Å²) in [6.07, 6.45) is 4.97. The third kappa shape index (κ3) is 25.2. The molecule has 0 saturated heterocycles. The fourth-order valence-electron chi connectivity index (χ4n) is 15.0. The van der Waals surface area contributed by atoms with Crippen molar-refractivity contribution >= 4 is 148 Å². The number of ether oxygens (including phenoxy) is 3. The van der Waals surface area contributed by atoms with Crippen LogP contribution in [0.4, 0.5) is 80.8 Å². The molecule has 10 N–H and O–H groups in total. The molecule has 0 fully saturated rings. The molecule has 24 nitrogen and oxygen atoms in total. The molecule has 16 rings (SSSR count). The van der Waals surface area contributed by atoms with Crippen molar-refractivity contribution in [3.63, 3.8) is 0 Å². The number of urea groups is 5. The Bertz CT molecular complexity index is 5620. The van der Waals surface area contributed by atoms with Crippen LogP contribution >= 0.6 is 55.1 Å². The van der Waals surface area contributed by atoms with E-state index in [0.717, 1.165) is 152 Å². The maximum absolute atomic E-state index is 12.6. The second-order valence-corrected chi connectivity index (χ2v) is 33.0. The van der Waals surface area contributed by atoms with Crippen molar-refractivity contribution in [3.8, 4) is 17.2 Å². The molecular formula is C95H101Br2Cl2N15O9. The second kappa shape index (κ2) is 43.3. The average Bonchev–Trinajstić information content (AvgIpc) is 0.789. The number of nitrogens with zero attached hydrogens (tertiary/aromatic N) is 6. The molecule has 123 heavy (non-hydrogen) atoms. The van der Waals surface area contributed by atoms with E-state index in [1.54, 1.807) is 100 Å². The van der Waals surface area contributed by atoms with Gasteiger partial charge in [-0.05, 0) is 288 Å². The van der Waals surface area contributed by atoms with Crippen LogP contribution < -0.4 is 67.4 Å². The van der Waals surface area contributed by atoms with Gasteiger partial charge in [0.05, 0.1) is 57.4 Å². The number of methoxy groups -OCH3 is 3. The van der Waals surface area contributed by atoms with Gasteiger partial charge in [-0.15, -0.1) is 0 Å². The van der Waals surface area contributed by atoms with E-state index < -0.39 is 6.03 Å². The number of benzene rings is 11. The van der Waals surface area contributed by atoms with Crippen LogP contribution in [0.3, 0.4) is 0 Å². The van der Waals surface area contributed by atoms with Crippen LogP contribution in [0.1, 0.15) is 71.6 Å². The van der Waals surface area contributed by atoms with E-state index in [0.29, 0.717) is 49.7 Å². The molecule has 0 aliphatic carbocycles. The molecule has 638 valence electrons. The molecule has 5 heterocycles. The standard InChI is InChI=1S/C24H23N3O2.2C18H20BrN3O2.C18H21N3O2.C17H17Cl2N3O/c1-27-13-12-17-10-11-22(15-20(17)16-27)26-24(29)25-21-9-5-8-19(14-21)23(28)18-6-3-2-4-7-18;1-21-8-7-12-3-4-14(9-13(12)11-21)22(18(20)23)15-5-6-17(24-2)16(19)10-15;1-22-9-8-14-12(11-22)4-3-5-16(14)21-18(23)20-13-6-7-17(24-2)15(19)10-13;1-21-10-9-13-3-4-16(11-14(13)12-21)20-18(22)19-15-5-7-17(23-2)8-6-15;1-22-9-8-12-11(10-22)4-2-6-14(12)20-17(23)21-15-7-3-5-13(18)16(15)19/h2-11,14-15H,12-13,16H2,1H3,(H2,25,26,29);3-6,9-10H,7-8,11H2,1-2H3,(H2,20,23);3-7,10H,8-9,11H2,1-2H3,(H2,20,21,23);3-8,11H,9-10,12H2,1-2H3,(H2,19,20,22);2-7H,8-10H2,1H3,(H2,20,21,23). The Balaban J connectivity index is 0.000000141. The summed E-state index contributed by atoms with van der Waals surface area (Å²) in [7, 11) is 15.3. The fourth-order valence-corrected chi connectivity index (χ4v) is 16.4. The first kappa shape index (κ1) is 90.4. The first-order valence-electron chi connectivity index (χ1n) is 40.2. The van der Waals surface area contributed by atoms with Crippen LogP contribution in [0.2, 0.25) is 10.0 Å². The van der Waals surface area contributed by atoms with E-state index in [9.17, 15) is 28.8 Å². The van der Waals surface area contributed by atoms with Crippen molar-refractivity contribution in [3.05, 3.63) is 310 Å². The zero-order valence-corrected chi connectivity index (χ0v) is 74.6. The van der Waals surface area contributed by atoms with Gasteiger partial charge in [-0.3, -0.25) is 9.69 Å². The number of anilines is 10. The van der Waals surface area contributed by atoms with Gasteiger partial charge in [-0.1, -0.05) is 114 Å². The summed E-state index contributed by atoms with van der Waals surface area (Å²) >= 11 is 18.9. The SMILES string of the molecule is CN1CCc2c(cccc2NC(=O)Nc2cccc(Cl)c2Cl)C1.CN1CCc2ccc(NC(=O)Nc3cccc(C(=O)c4ccccc4)c3)cc2C1.COc1ccc(N(C(N)=O)c2ccc3c(c2)CN(C)CC3)cc1Br.COc1ccc(NC(=O)Nc2ccc3c(c2)CN(C)CC3)cc1.COc1ccc(NC(=O)Nc2cccc3c2CCN(C)C3)cc1Br. The van der Waals surface area contributed by atoms with Crippen molar-refractivity contribution in [2.75, 3.05) is 137 Å². The lowest BCUT2D eigenvalue weighted by molar-refractivity contribution is 0.103. The third-order valence-electron chi connectivity index (χ3n) is 21.4. The second-order valence-electron chi connectivity index (χ2n) is 30.5. The van der Waals surface area contributed by atoms with E-state index in [1.807, 2.05) is 109 Å². The number of fused-ring (bicyclic) bond motifs is 5. The lowest BCUT2D eigenvalue weighted by atomic mass is 9.98. The summed E-state index contributed by atoms with van der Waals surface area (Å²) < 4.78 is 17.1. The molecule has 0 aromatic heterocycles. The molecular weight excluding hydrogens is 1730 g/mol. The molecule has 0 radical (unpaired) electrons. The van der Waals surface area contributed by atoms with Gasteiger partial charge >= 0.3 is 30.2 Å². The van der Waals surface area contributed by atoms with Crippen molar-refractivity contribution in [1.82, 2.24) is 24.5 Å². The summed E-state index contributed by atoms with van der Waals surface area (Å²) in [5.74, 6) is 2.11. The molecule has 11 aromatic rings. The largest absolute Gasteiger partial charge is 0.497 e. The van der Waals surface area contributed by atoms with Gasteiger partial charge in [0.2, 0.25) is 0 Å². The zero-order chi connectivity index (χ0) is 87.2. The van der Waals surface area contributed by atoms with Gasteiger partial charge < -0.3 is 87.0 Å². The van der Waals surface area contributed by atoms with Crippen molar-refractivity contribution in [2.45, 2.75) is 64.8 Å². The van der Waals surface area contributed by atoms with E-state index in [4.69, 9.17) is 43.1 Å². The Morgan fingerprint density at radius 2 is 0.732 bits per heavy atom. The number of hydrogen-bond acceptors (Lipinski definition) is 14. The highest BCUT2D eigenvalue weighted by Gasteiger charge is 2.25. The number of amides is 10. The normalized spacial score (nSPS) is 13.9. The first-order valence-corrected chi connectivity index (χ1v) is 42.5. The summed E-state index contributed by atoms with van der Waals surface area (Å²) in [6.45, 7) is 9.66. The number of rotatable bonds is 15. The number of nitrogens with two attached hydrogens (primary N) is 1. The van der Waals surface area contributed by atoms with E-state index >= 15 is 0 Å². The number of likely N-dealkylation sites (N-methyl/N-ethyl adjacent to an activating group) is 5. The first-order chi connectivity index (χ1) is 59.3.